The molecule has 15 nitrogen and oxygen atoms in total. The van der Waals surface area contributed by atoms with Gasteiger partial charge in [-0.05, 0) is 32.1 Å². The summed E-state index contributed by atoms with van der Waals surface area (Å²) < 4.78 is 0. The summed E-state index contributed by atoms with van der Waals surface area (Å²) >= 11 is 0. The highest BCUT2D eigenvalue weighted by molar-refractivity contribution is 5.96. The highest BCUT2D eigenvalue weighted by atomic mass is 16.4. The number of nitrogens with one attached hydrogen (secondary N) is 3. The standard InChI is InChI=1S/C20H38N8O7/c1-9(2)7-13(19(34)35)28-16(31)11(5-4-6-25-20(23)24)26-17(32)12(8-14(21)30)27-18(33)15(22)10(3)29/h9-13,15,29H,4-8,22H2,1-3H3,(H2,21,30)(H,26,32)(H,27,33)(H,28,31)(H,34,35)(H4,23,24,25). The van der Waals surface area contributed by atoms with Crippen LogP contribution in [0.2, 0.25) is 0 Å². The molecule has 0 aliphatic carbocycles. The number of aliphatic imine (C=N–C) groups is 1. The number of nitrogens with zero attached hydrogens (tertiary/aromatic N) is 1. The average molecular weight is 503 g/mol. The molecule has 200 valence electrons. The monoisotopic (exact) mass is 502 g/mol. The van der Waals surface area contributed by atoms with Crippen molar-refractivity contribution in [2.75, 3.05) is 6.54 Å². The number of carbonyl (C=O) groups is 5. The van der Waals surface area contributed by atoms with Crippen molar-refractivity contribution in [2.24, 2.45) is 33.8 Å². The van der Waals surface area contributed by atoms with Crippen LogP contribution < -0.4 is 38.9 Å². The lowest BCUT2D eigenvalue weighted by Gasteiger charge is -2.25. The van der Waals surface area contributed by atoms with Crippen molar-refractivity contribution in [3.05, 3.63) is 0 Å². The Labute approximate surface area is 203 Å². The number of amides is 4. The van der Waals surface area contributed by atoms with Gasteiger partial charge >= 0.3 is 5.97 Å². The third-order valence-corrected chi connectivity index (χ3v) is 4.76. The maximum absolute atomic E-state index is 12.9. The van der Waals surface area contributed by atoms with Gasteiger partial charge in [-0.15, -0.1) is 0 Å². The molecule has 15 heteroatoms. The first kappa shape index (κ1) is 31.5. The fraction of sp³-hybridized carbons (Fsp3) is 0.700. The van der Waals surface area contributed by atoms with E-state index in [2.05, 4.69) is 20.9 Å². The molecule has 5 atom stereocenters. The quantitative estimate of drug-likeness (QED) is 0.0563. The number of carboxylic acid groups (broad SMARTS) is 1. The SMILES string of the molecule is CC(C)CC(NC(=O)C(CCCN=C(N)N)NC(=O)C(CC(N)=O)NC(=O)C(N)C(C)O)C(=O)O. The molecule has 0 saturated heterocycles. The molecule has 35 heavy (non-hydrogen) atoms. The van der Waals surface area contributed by atoms with Crippen LogP contribution >= 0.6 is 0 Å². The number of carbonyl (C=O) groups excluding carboxylic acids is 4. The van der Waals surface area contributed by atoms with Crippen LogP contribution in [0.5, 0.6) is 0 Å². The highest BCUT2D eigenvalue weighted by Gasteiger charge is 2.31. The number of carboxylic acids is 1. The molecule has 0 bridgehead atoms. The van der Waals surface area contributed by atoms with Crippen LogP contribution in [0.15, 0.2) is 4.99 Å². The van der Waals surface area contributed by atoms with E-state index in [9.17, 15) is 34.2 Å². The Morgan fingerprint density at radius 3 is 1.83 bits per heavy atom. The van der Waals surface area contributed by atoms with Gasteiger partial charge in [0.2, 0.25) is 23.6 Å². The predicted octanol–water partition coefficient (Wildman–Crippen LogP) is -3.79. The zero-order valence-electron chi connectivity index (χ0n) is 20.2. The molecule has 0 aliphatic rings. The van der Waals surface area contributed by atoms with Crippen molar-refractivity contribution in [3.63, 3.8) is 0 Å². The van der Waals surface area contributed by atoms with Crippen LogP contribution in [-0.4, -0.2) is 82.6 Å². The molecule has 0 saturated carbocycles. The van der Waals surface area contributed by atoms with Crippen molar-refractivity contribution in [1.29, 1.82) is 0 Å². The number of primary amides is 1. The molecular formula is C20H38N8O7. The second kappa shape index (κ2) is 15.4. The van der Waals surface area contributed by atoms with Gasteiger partial charge in [0, 0.05) is 6.54 Å². The highest BCUT2D eigenvalue weighted by Crippen LogP contribution is 2.07. The molecule has 0 aliphatic heterocycles. The average Bonchev–Trinajstić information content (AvgIpc) is 2.72. The van der Waals surface area contributed by atoms with Gasteiger partial charge < -0.3 is 49.1 Å². The number of nitrogens with two attached hydrogens (primary N) is 4. The van der Waals surface area contributed by atoms with Gasteiger partial charge in [0.05, 0.1) is 12.5 Å². The van der Waals surface area contributed by atoms with E-state index in [0.717, 1.165) is 0 Å². The Morgan fingerprint density at radius 2 is 1.37 bits per heavy atom. The lowest BCUT2D eigenvalue weighted by molar-refractivity contribution is -0.143. The number of rotatable bonds is 16. The van der Waals surface area contributed by atoms with Crippen molar-refractivity contribution in [1.82, 2.24) is 16.0 Å². The summed E-state index contributed by atoms with van der Waals surface area (Å²) in [5, 5.41) is 25.9. The molecule has 4 amide bonds. The first-order valence-electron chi connectivity index (χ1n) is 11.1. The van der Waals surface area contributed by atoms with E-state index in [1.54, 1.807) is 13.8 Å². The van der Waals surface area contributed by atoms with E-state index in [1.807, 2.05) is 0 Å². The maximum atomic E-state index is 12.9. The van der Waals surface area contributed by atoms with E-state index in [1.165, 1.54) is 6.92 Å². The van der Waals surface area contributed by atoms with Crippen LogP contribution in [0, 0.1) is 5.92 Å². The second-order valence-corrected chi connectivity index (χ2v) is 8.54. The minimum atomic E-state index is -1.50. The molecule has 0 aromatic carbocycles. The molecule has 0 radical (unpaired) electrons. The van der Waals surface area contributed by atoms with Crippen molar-refractivity contribution in [3.8, 4) is 0 Å². The van der Waals surface area contributed by atoms with E-state index in [0.29, 0.717) is 0 Å². The summed E-state index contributed by atoms with van der Waals surface area (Å²) in [5.74, 6) is -5.03. The summed E-state index contributed by atoms with van der Waals surface area (Å²) in [6, 6.07) is -5.33. The number of aliphatic hydroxyl groups excluding tert-OH is 1. The number of guanidine groups is 1. The first-order chi connectivity index (χ1) is 16.1. The lowest BCUT2D eigenvalue weighted by atomic mass is 10.0. The molecule has 0 aromatic rings. The summed E-state index contributed by atoms with van der Waals surface area (Å²) in [6.45, 7) is 4.96. The number of hydrogen-bond donors (Lipinski definition) is 9. The van der Waals surface area contributed by atoms with Gasteiger partial charge in [0.1, 0.15) is 24.2 Å². The van der Waals surface area contributed by atoms with Gasteiger partial charge in [0.15, 0.2) is 5.96 Å². The molecule has 0 spiro atoms. The molecular weight excluding hydrogens is 464 g/mol. The first-order valence-corrected chi connectivity index (χ1v) is 11.1. The van der Waals surface area contributed by atoms with Crippen LogP contribution in [0.1, 0.15) is 46.5 Å². The lowest BCUT2D eigenvalue weighted by Crippen LogP contribution is -2.58. The van der Waals surface area contributed by atoms with Crippen molar-refractivity contribution in [2.45, 2.75) is 76.7 Å². The van der Waals surface area contributed by atoms with Crippen LogP contribution in [0.3, 0.4) is 0 Å². The van der Waals surface area contributed by atoms with Crippen LogP contribution in [0.25, 0.3) is 0 Å². The molecule has 13 N–H and O–H groups in total. The minimum absolute atomic E-state index is 0.00674. The van der Waals surface area contributed by atoms with Crippen molar-refractivity contribution < 1.29 is 34.2 Å². The Morgan fingerprint density at radius 1 is 0.857 bits per heavy atom. The third-order valence-electron chi connectivity index (χ3n) is 4.76. The fourth-order valence-corrected chi connectivity index (χ4v) is 2.91. The zero-order valence-corrected chi connectivity index (χ0v) is 20.2. The number of aliphatic carboxylic acids is 1. The van der Waals surface area contributed by atoms with E-state index in [-0.39, 0.29) is 37.7 Å². The maximum Gasteiger partial charge on any atom is 0.326 e. The van der Waals surface area contributed by atoms with E-state index in [4.69, 9.17) is 22.9 Å². The van der Waals surface area contributed by atoms with Gasteiger partial charge in [0.25, 0.3) is 0 Å². The van der Waals surface area contributed by atoms with Crippen LogP contribution in [0.4, 0.5) is 0 Å². The number of hydrogen-bond acceptors (Lipinski definition) is 8. The Kier molecular flexibility index (Phi) is 13.9. The zero-order chi connectivity index (χ0) is 27.3. The Hall–Kier alpha value is -3.46. The predicted molar refractivity (Wildman–Crippen MR) is 126 cm³/mol. The molecule has 0 fully saturated rings. The molecule has 0 heterocycles. The van der Waals surface area contributed by atoms with Gasteiger partial charge in [-0.1, -0.05) is 13.8 Å². The second-order valence-electron chi connectivity index (χ2n) is 8.54. The summed E-state index contributed by atoms with van der Waals surface area (Å²) in [5.41, 5.74) is 21.3. The normalized spacial score (nSPS) is 15.1. The summed E-state index contributed by atoms with van der Waals surface area (Å²) in [7, 11) is 0. The topological polar surface area (TPSA) is 278 Å². The van der Waals surface area contributed by atoms with Crippen molar-refractivity contribution >= 4 is 35.6 Å². The summed E-state index contributed by atoms with van der Waals surface area (Å²) in [6.07, 6.45) is -1.47. The Bertz CT molecular complexity index is 783. The van der Waals surface area contributed by atoms with Gasteiger partial charge in [-0.2, -0.15) is 0 Å². The fourth-order valence-electron chi connectivity index (χ4n) is 2.91. The smallest absolute Gasteiger partial charge is 0.326 e. The van der Waals surface area contributed by atoms with Gasteiger partial charge in [-0.3, -0.25) is 24.2 Å². The number of aliphatic hydroxyl groups is 1. The van der Waals surface area contributed by atoms with Gasteiger partial charge in [-0.25, -0.2) is 4.79 Å². The Balaban J connectivity index is 5.67. The van der Waals surface area contributed by atoms with E-state index < -0.39 is 66.3 Å². The molecule has 0 aromatic heterocycles. The third kappa shape index (κ3) is 13.1. The minimum Gasteiger partial charge on any atom is -0.480 e. The van der Waals surface area contributed by atoms with E-state index >= 15 is 0 Å². The largest absolute Gasteiger partial charge is 0.480 e. The summed E-state index contributed by atoms with van der Waals surface area (Å²) in [4.78, 5) is 64.7. The molecule has 5 unspecified atom stereocenters. The molecule has 0 rings (SSSR count). The van der Waals surface area contributed by atoms with Crippen LogP contribution in [-0.2, 0) is 24.0 Å².